The fourth-order valence-electron chi connectivity index (χ4n) is 3.06. The maximum absolute atomic E-state index is 12.2. The minimum Gasteiger partial charge on any atom is -0.452 e. The van der Waals surface area contributed by atoms with Crippen molar-refractivity contribution >= 4 is 34.9 Å². The molecule has 1 saturated heterocycles. The first kappa shape index (κ1) is 20.6. The van der Waals surface area contributed by atoms with E-state index in [1.807, 2.05) is 12.1 Å². The van der Waals surface area contributed by atoms with E-state index in [9.17, 15) is 19.7 Å². The number of likely N-dealkylation sites (tertiary alicyclic amines) is 1. The van der Waals surface area contributed by atoms with Crippen molar-refractivity contribution in [2.24, 2.45) is 0 Å². The number of hydrogen-bond donors (Lipinski definition) is 1. The summed E-state index contributed by atoms with van der Waals surface area (Å²) in [5.41, 5.74) is 0.776. The van der Waals surface area contributed by atoms with E-state index >= 15 is 0 Å². The zero-order valence-corrected chi connectivity index (χ0v) is 16.4. The minimum atomic E-state index is -0.779. The van der Waals surface area contributed by atoms with Gasteiger partial charge < -0.3 is 15.0 Å². The number of ether oxygens (including phenoxy) is 1. The summed E-state index contributed by atoms with van der Waals surface area (Å²) in [4.78, 5) is 36.7. The molecule has 1 N–H and O–H groups in total. The Bertz CT molecular complexity index is 928. The molecule has 1 aliphatic heterocycles. The number of carbonyl (C=O) groups excluding carboxylic acids is 2. The summed E-state index contributed by atoms with van der Waals surface area (Å²) in [5, 5.41) is 15.0. The largest absolute Gasteiger partial charge is 0.452 e. The number of anilines is 1. The summed E-state index contributed by atoms with van der Waals surface area (Å²) in [6.45, 7) is 1.23. The fourth-order valence-corrected chi connectivity index (χ4v) is 3.26. The minimum absolute atomic E-state index is 0.00853. The maximum Gasteiger partial charge on any atom is 0.338 e. The lowest BCUT2D eigenvalue weighted by Crippen LogP contribution is -2.32. The van der Waals surface area contributed by atoms with Crippen LogP contribution in [0.5, 0.6) is 0 Å². The summed E-state index contributed by atoms with van der Waals surface area (Å²) >= 11 is 6.10. The first-order valence-electron chi connectivity index (χ1n) is 9.16. The summed E-state index contributed by atoms with van der Waals surface area (Å²) in [6, 6.07) is 11.2. The molecule has 1 amide bonds. The monoisotopic (exact) mass is 417 g/mol. The Morgan fingerprint density at radius 2 is 1.90 bits per heavy atom. The van der Waals surface area contributed by atoms with Crippen LogP contribution in [0.1, 0.15) is 28.8 Å². The molecule has 0 radical (unpaired) electrons. The molecule has 0 unspecified atom stereocenters. The molecule has 0 bridgehead atoms. The van der Waals surface area contributed by atoms with E-state index in [4.69, 9.17) is 16.3 Å². The van der Waals surface area contributed by atoms with Crippen LogP contribution in [0.4, 0.5) is 11.4 Å². The normalized spacial score (nSPS) is 13.2. The van der Waals surface area contributed by atoms with Crippen molar-refractivity contribution in [1.82, 2.24) is 4.90 Å². The lowest BCUT2D eigenvalue weighted by atomic mass is 10.1. The van der Waals surface area contributed by atoms with Crippen LogP contribution in [-0.4, -0.2) is 41.4 Å². The van der Waals surface area contributed by atoms with Gasteiger partial charge in [0.1, 0.15) is 5.69 Å². The molecule has 0 aliphatic carbocycles. The molecule has 8 nitrogen and oxygen atoms in total. The highest BCUT2D eigenvalue weighted by Gasteiger charge is 2.22. The van der Waals surface area contributed by atoms with Crippen molar-refractivity contribution in [2.75, 3.05) is 25.0 Å². The van der Waals surface area contributed by atoms with Crippen LogP contribution in [0.25, 0.3) is 0 Å². The van der Waals surface area contributed by atoms with Crippen LogP contribution in [-0.2, 0) is 16.1 Å². The van der Waals surface area contributed by atoms with E-state index < -0.39 is 10.9 Å². The Labute approximate surface area is 172 Å². The molecule has 0 saturated carbocycles. The molecule has 9 heteroatoms. The van der Waals surface area contributed by atoms with Gasteiger partial charge in [-0.25, -0.2) is 4.79 Å². The number of hydrogen-bond acceptors (Lipinski definition) is 6. The summed E-state index contributed by atoms with van der Waals surface area (Å²) < 4.78 is 5.03. The molecule has 2 aromatic rings. The van der Waals surface area contributed by atoms with Crippen LogP contribution >= 0.6 is 11.6 Å². The molecule has 3 rings (SSSR count). The van der Waals surface area contributed by atoms with Gasteiger partial charge in [0.2, 0.25) is 0 Å². The molecule has 152 valence electrons. The van der Waals surface area contributed by atoms with Gasteiger partial charge in [-0.3, -0.25) is 14.9 Å². The third kappa shape index (κ3) is 5.23. The molecule has 0 aromatic heterocycles. The number of nitrogens with one attached hydrogen (secondary N) is 1. The molecule has 0 spiro atoms. The summed E-state index contributed by atoms with van der Waals surface area (Å²) in [7, 11) is 0. The van der Waals surface area contributed by atoms with Gasteiger partial charge in [0.05, 0.1) is 10.5 Å². The highest BCUT2D eigenvalue weighted by atomic mass is 35.5. The van der Waals surface area contributed by atoms with Crippen LogP contribution in [0, 0.1) is 10.1 Å². The lowest BCUT2D eigenvalue weighted by molar-refractivity contribution is -0.384. The molecule has 2 aromatic carbocycles. The smallest absolute Gasteiger partial charge is 0.338 e. The number of nitro benzene ring substituents is 1. The average Bonchev–Trinajstić information content (AvgIpc) is 3.26. The van der Waals surface area contributed by atoms with Crippen molar-refractivity contribution in [3.8, 4) is 0 Å². The van der Waals surface area contributed by atoms with E-state index in [2.05, 4.69) is 5.32 Å². The van der Waals surface area contributed by atoms with Gasteiger partial charge in [-0.05, 0) is 36.6 Å². The predicted octanol–water partition coefficient (Wildman–Crippen LogP) is 3.64. The quantitative estimate of drug-likeness (QED) is 0.419. The van der Waals surface area contributed by atoms with Crippen LogP contribution in [0.2, 0.25) is 5.02 Å². The molecule has 1 aliphatic rings. The topological polar surface area (TPSA) is 102 Å². The number of halogens is 1. The highest BCUT2D eigenvalue weighted by Crippen LogP contribution is 2.27. The van der Waals surface area contributed by atoms with Crippen molar-refractivity contribution in [2.45, 2.75) is 19.4 Å². The number of nitrogens with zero attached hydrogens (tertiary/aromatic N) is 2. The van der Waals surface area contributed by atoms with Crippen molar-refractivity contribution in [3.63, 3.8) is 0 Å². The third-order valence-electron chi connectivity index (χ3n) is 4.64. The Kier molecular flexibility index (Phi) is 6.66. The fraction of sp³-hybridized carbons (Fsp3) is 0.300. The second kappa shape index (κ2) is 9.38. The number of rotatable bonds is 7. The summed E-state index contributed by atoms with van der Waals surface area (Å²) in [5.74, 6) is -1.04. The number of amides is 1. The van der Waals surface area contributed by atoms with Gasteiger partial charge in [0.15, 0.2) is 6.61 Å². The maximum atomic E-state index is 12.2. The first-order valence-corrected chi connectivity index (χ1v) is 9.54. The standard InChI is InChI=1S/C20H20ClN3O5/c21-16-6-2-1-5-15(16)12-22-17-8-7-14(11-18(17)24(27)28)20(26)29-13-19(25)23-9-3-4-10-23/h1-2,5-8,11,22H,3-4,9-10,12-13H2. The van der Waals surface area contributed by atoms with Gasteiger partial charge in [0.25, 0.3) is 11.6 Å². The Morgan fingerprint density at radius 1 is 1.17 bits per heavy atom. The van der Waals surface area contributed by atoms with Gasteiger partial charge in [0, 0.05) is 30.7 Å². The predicted molar refractivity (Wildman–Crippen MR) is 108 cm³/mol. The SMILES string of the molecule is O=C(OCC(=O)N1CCCC1)c1ccc(NCc2ccccc2Cl)c([N+](=O)[O-])c1. The third-order valence-corrected chi connectivity index (χ3v) is 5.01. The van der Waals surface area contributed by atoms with Gasteiger partial charge >= 0.3 is 5.97 Å². The second-order valence-electron chi connectivity index (χ2n) is 6.60. The Balaban J connectivity index is 1.66. The van der Waals surface area contributed by atoms with E-state index in [1.54, 1.807) is 17.0 Å². The Hall–Kier alpha value is -3.13. The van der Waals surface area contributed by atoms with Gasteiger partial charge in [-0.15, -0.1) is 0 Å². The van der Waals surface area contributed by atoms with Gasteiger partial charge in [-0.1, -0.05) is 29.8 Å². The second-order valence-corrected chi connectivity index (χ2v) is 7.01. The van der Waals surface area contributed by atoms with Crippen LogP contribution < -0.4 is 5.32 Å². The summed E-state index contributed by atoms with van der Waals surface area (Å²) in [6.07, 6.45) is 1.88. The van der Waals surface area contributed by atoms with Crippen LogP contribution in [0.3, 0.4) is 0 Å². The number of esters is 1. The van der Waals surface area contributed by atoms with E-state index in [1.165, 1.54) is 12.1 Å². The molecular formula is C20H20ClN3O5. The number of nitro groups is 1. The molecule has 29 heavy (non-hydrogen) atoms. The van der Waals surface area contributed by atoms with Crippen molar-refractivity contribution in [3.05, 3.63) is 68.7 Å². The molecule has 0 atom stereocenters. The zero-order chi connectivity index (χ0) is 20.8. The lowest BCUT2D eigenvalue weighted by Gasteiger charge is -2.15. The van der Waals surface area contributed by atoms with E-state index in [-0.39, 0.29) is 36.0 Å². The van der Waals surface area contributed by atoms with E-state index in [0.717, 1.165) is 24.5 Å². The first-order chi connectivity index (χ1) is 14.0. The van der Waals surface area contributed by atoms with Crippen molar-refractivity contribution < 1.29 is 19.2 Å². The average molecular weight is 418 g/mol. The van der Waals surface area contributed by atoms with Gasteiger partial charge in [-0.2, -0.15) is 0 Å². The zero-order valence-electron chi connectivity index (χ0n) is 15.6. The van der Waals surface area contributed by atoms with E-state index in [0.29, 0.717) is 18.1 Å². The Morgan fingerprint density at radius 3 is 2.59 bits per heavy atom. The molecule has 1 fully saturated rings. The van der Waals surface area contributed by atoms with Crippen molar-refractivity contribution in [1.29, 1.82) is 0 Å². The molecular weight excluding hydrogens is 398 g/mol. The number of carbonyl (C=O) groups is 2. The highest BCUT2D eigenvalue weighted by molar-refractivity contribution is 6.31. The molecule has 1 heterocycles. The number of benzene rings is 2. The van der Waals surface area contributed by atoms with Crippen LogP contribution in [0.15, 0.2) is 42.5 Å².